The summed E-state index contributed by atoms with van der Waals surface area (Å²) in [4.78, 5) is 13.0. The van der Waals surface area contributed by atoms with Gasteiger partial charge in [0, 0.05) is 48.1 Å². The third kappa shape index (κ3) is 5.22. The van der Waals surface area contributed by atoms with Crippen LogP contribution in [0.4, 0.5) is 5.82 Å². The van der Waals surface area contributed by atoms with Crippen LogP contribution in [-0.4, -0.2) is 36.1 Å². The number of aromatic nitrogens is 2. The molecule has 4 rings (SSSR count). The molecule has 1 fully saturated rings. The van der Waals surface area contributed by atoms with Crippen molar-refractivity contribution in [2.24, 2.45) is 0 Å². The summed E-state index contributed by atoms with van der Waals surface area (Å²) in [6.07, 6.45) is 2.80. The van der Waals surface area contributed by atoms with Gasteiger partial charge in [0.05, 0.1) is 18.1 Å². The largest absolute Gasteiger partial charge is 0.371 e. The maximum absolute atomic E-state index is 6.07. The van der Waals surface area contributed by atoms with E-state index in [1.165, 1.54) is 10.4 Å². The molecule has 1 aliphatic heterocycles. The molecule has 0 atom stereocenters. The van der Waals surface area contributed by atoms with E-state index in [0.717, 1.165) is 59.2 Å². The zero-order chi connectivity index (χ0) is 20.1. The number of nitrogens with zero attached hydrogens (tertiary/aromatic N) is 3. The Labute approximate surface area is 184 Å². The highest BCUT2D eigenvalue weighted by Crippen LogP contribution is 2.34. The van der Waals surface area contributed by atoms with Crippen molar-refractivity contribution < 1.29 is 4.74 Å². The first-order valence-electron chi connectivity index (χ1n) is 9.96. The van der Waals surface area contributed by atoms with E-state index in [9.17, 15) is 0 Å². The number of rotatable bonds is 7. The fourth-order valence-corrected chi connectivity index (χ4v) is 4.61. The van der Waals surface area contributed by atoms with Crippen LogP contribution in [0.25, 0.3) is 10.6 Å². The monoisotopic (exact) mass is 472 g/mol. The van der Waals surface area contributed by atoms with E-state index in [4.69, 9.17) is 9.72 Å². The molecule has 1 aliphatic rings. The third-order valence-corrected chi connectivity index (χ3v) is 6.53. The average Bonchev–Trinajstić information content (AvgIpc) is 3.20. The van der Waals surface area contributed by atoms with Gasteiger partial charge in [-0.25, -0.2) is 4.98 Å². The number of pyridine rings is 1. The Kier molecular flexibility index (Phi) is 6.92. The van der Waals surface area contributed by atoms with Crippen molar-refractivity contribution in [3.05, 3.63) is 63.2 Å². The van der Waals surface area contributed by atoms with Gasteiger partial charge in [-0.1, -0.05) is 35.0 Å². The predicted molar refractivity (Wildman–Crippen MR) is 122 cm³/mol. The summed E-state index contributed by atoms with van der Waals surface area (Å²) >= 11 is 5.21. The fourth-order valence-electron chi connectivity index (χ4n) is 3.33. The van der Waals surface area contributed by atoms with Gasteiger partial charge in [-0.05, 0) is 36.2 Å². The van der Waals surface area contributed by atoms with Crippen molar-refractivity contribution in [2.45, 2.75) is 26.6 Å². The average molecular weight is 473 g/mol. The van der Waals surface area contributed by atoms with Crippen molar-refractivity contribution in [3.8, 4) is 10.6 Å². The number of piperazine rings is 1. The lowest BCUT2D eigenvalue weighted by Gasteiger charge is -2.28. The molecule has 5 nitrogen and oxygen atoms in total. The Balaban J connectivity index is 1.54. The Hall–Kier alpha value is -1.80. The SMILES string of the molecule is CCc1cc(-c2nc(N3CCNCC3)c(COCc3ccc(Br)cc3)s2)ccn1. The highest BCUT2D eigenvalue weighted by molar-refractivity contribution is 9.10. The standard InChI is InChI=1S/C22H25BrN4OS/c1-2-19-13-17(7-8-25-19)22-26-21(27-11-9-24-10-12-27)20(29-22)15-28-14-16-3-5-18(23)6-4-16/h3-8,13,24H,2,9-12,14-15H2,1H3. The maximum Gasteiger partial charge on any atom is 0.146 e. The van der Waals surface area contributed by atoms with Crippen LogP contribution in [0, 0.1) is 0 Å². The smallest absolute Gasteiger partial charge is 0.146 e. The van der Waals surface area contributed by atoms with Crippen LogP contribution in [0.5, 0.6) is 0 Å². The molecule has 3 heterocycles. The number of ether oxygens (including phenoxy) is 1. The first kappa shape index (κ1) is 20.5. The van der Waals surface area contributed by atoms with Crippen LogP contribution in [-0.2, 0) is 24.4 Å². The van der Waals surface area contributed by atoms with Gasteiger partial charge in [0.25, 0.3) is 0 Å². The number of hydrogen-bond acceptors (Lipinski definition) is 6. The summed E-state index contributed by atoms with van der Waals surface area (Å²) in [5, 5.41) is 4.46. The molecular formula is C22H25BrN4OS. The molecule has 0 unspecified atom stereocenters. The maximum atomic E-state index is 6.07. The number of hydrogen-bond donors (Lipinski definition) is 1. The van der Waals surface area contributed by atoms with Crippen LogP contribution in [0.15, 0.2) is 47.1 Å². The van der Waals surface area contributed by atoms with Crippen LogP contribution in [0.1, 0.15) is 23.1 Å². The molecule has 0 amide bonds. The molecule has 0 radical (unpaired) electrons. The zero-order valence-corrected chi connectivity index (χ0v) is 18.9. The van der Waals surface area contributed by atoms with Gasteiger partial charge in [-0.3, -0.25) is 4.98 Å². The molecule has 1 saturated heterocycles. The summed E-state index contributed by atoms with van der Waals surface area (Å²) in [7, 11) is 0. The quantitative estimate of drug-likeness (QED) is 0.541. The van der Waals surface area contributed by atoms with Gasteiger partial charge >= 0.3 is 0 Å². The lowest BCUT2D eigenvalue weighted by atomic mass is 10.2. The normalized spacial score (nSPS) is 14.3. The van der Waals surface area contributed by atoms with E-state index in [2.05, 4.69) is 56.3 Å². The van der Waals surface area contributed by atoms with Crippen LogP contribution >= 0.6 is 27.3 Å². The minimum absolute atomic E-state index is 0.568. The minimum atomic E-state index is 0.568. The van der Waals surface area contributed by atoms with E-state index in [0.29, 0.717) is 13.2 Å². The van der Waals surface area contributed by atoms with Crippen LogP contribution in [0.3, 0.4) is 0 Å². The van der Waals surface area contributed by atoms with Gasteiger partial charge in [-0.2, -0.15) is 0 Å². The first-order valence-corrected chi connectivity index (χ1v) is 11.6. The fraction of sp³-hybridized carbons (Fsp3) is 0.364. The molecule has 2 aromatic heterocycles. The molecule has 0 spiro atoms. The summed E-state index contributed by atoms with van der Waals surface area (Å²) in [5.41, 5.74) is 3.40. The Morgan fingerprint density at radius 2 is 1.93 bits per heavy atom. The second-order valence-corrected chi connectivity index (χ2v) is 9.01. The summed E-state index contributed by atoms with van der Waals surface area (Å²) in [5.74, 6) is 1.07. The Morgan fingerprint density at radius 3 is 2.69 bits per heavy atom. The number of thiazole rings is 1. The molecule has 0 bridgehead atoms. The van der Waals surface area contributed by atoms with Gasteiger partial charge in [0.15, 0.2) is 0 Å². The van der Waals surface area contributed by atoms with Crippen molar-refractivity contribution in [2.75, 3.05) is 31.1 Å². The number of anilines is 1. The van der Waals surface area contributed by atoms with Crippen LogP contribution in [0.2, 0.25) is 0 Å². The predicted octanol–water partition coefficient (Wildman–Crippen LogP) is 4.66. The van der Waals surface area contributed by atoms with E-state index in [-0.39, 0.29) is 0 Å². The van der Waals surface area contributed by atoms with Gasteiger partial charge < -0.3 is 15.0 Å². The van der Waals surface area contributed by atoms with Gasteiger partial charge in [0.1, 0.15) is 10.8 Å². The molecular weight excluding hydrogens is 448 g/mol. The van der Waals surface area contributed by atoms with E-state index in [1.54, 1.807) is 11.3 Å². The number of aryl methyl sites for hydroxylation is 1. The molecule has 0 saturated carbocycles. The molecule has 0 aliphatic carbocycles. The van der Waals surface area contributed by atoms with Gasteiger partial charge in [-0.15, -0.1) is 11.3 Å². The molecule has 3 aromatic rings. The highest BCUT2D eigenvalue weighted by atomic mass is 79.9. The molecule has 1 N–H and O–H groups in total. The van der Waals surface area contributed by atoms with E-state index < -0.39 is 0 Å². The number of halogens is 1. The van der Waals surface area contributed by atoms with Crippen molar-refractivity contribution in [1.29, 1.82) is 0 Å². The highest BCUT2D eigenvalue weighted by Gasteiger charge is 2.20. The second-order valence-electron chi connectivity index (χ2n) is 7.01. The van der Waals surface area contributed by atoms with E-state index in [1.807, 2.05) is 24.4 Å². The summed E-state index contributed by atoms with van der Waals surface area (Å²) in [6, 6.07) is 12.5. The molecule has 29 heavy (non-hydrogen) atoms. The molecule has 1 aromatic carbocycles. The Morgan fingerprint density at radius 1 is 1.14 bits per heavy atom. The zero-order valence-electron chi connectivity index (χ0n) is 16.5. The number of benzene rings is 1. The van der Waals surface area contributed by atoms with E-state index >= 15 is 0 Å². The lowest BCUT2D eigenvalue weighted by Crippen LogP contribution is -2.44. The molecule has 7 heteroatoms. The molecule has 152 valence electrons. The minimum Gasteiger partial charge on any atom is -0.371 e. The summed E-state index contributed by atoms with van der Waals surface area (Å²) in [6.45, 7) is 7.21. The van der Waals surface area contributed by atoms with Crippen LogP contribution < -0.4 is 10.2 Å². The van der Waals surface area contributed by atoms with Gasteiger partial charge in [0.2, 0.25) is 0 Å². The lowest BCUT2D eigenvalue weighted by molar-refractivity contribution is 0.109. The number of nitrogens with one attached hydrogen (secondary N) is 1. The summed E-state index contributed by atoms with van der Waals surface area (Å²) < 4.78 is 7.15. The Bertz CT molecular complexity index is 938. The van der Waals surface area contributed by atoms with Crippen molar-refractivity contribution in [3.63, 3.8) is 0 Å². The second kappa shape index (κ2) is 9.80. The first-order chi connectivity index (χ1) is 14.2. The van der Waals surface area contributed by atoms with Crippen molar-refractivity contribution >= 4 is 33.1 Å². The van der Waals surface area contributed by atoms with Crippen molar-refractivity contribution in [1.82, 2.24) is 15.3 Å². The topological polar surface area (TPSA) is 50.3 Å². The third-order valence-electron chi connectivity index (χ3n) is 4.93.